The zero-order valence-corrected chi connectivity index (χ0v) is 8.80. The first kappa shape index (κ1) is 10.9. The van der Waals surface area contributed by atoms with E-state index in [-0.39, 0.29) is 17.8 Å². The van der Waals surface area contributed by atoms with E-state index < -0.39 is 4.92 Å². The van der Waals surface area contributed by atoms with Gasteiger partial charge < -0.3 is 10.4 Å². The third-order valence-corrected chi connectivity index (χ3v) is 2.87. The maximum absolute atomic E-state index is 10.8. The number of anilines is 1. The van der Waals surface area contributed by atoms with Gasteiger partial charge in [0, 0.05) is 12.1 Å². The molecule has 0 heterocycles. The van der Waals surface area contributed by atoms with Crippen molar-refractivity contribution in [2.75, 3.05) is 5.32 Å². The van der Waals surface area contributed by atoms with E-state index in [0.717, 1.165) is 12.8 Å². The molecule has 0 amide bonds. The summed E-state index contributed by atoms with van der Waals surface area (Å²) in [7, 11) is 0. The topological polar surface area (TPSA) is 75.4 Å². The minimum absolute atomic E-state index is 0.0869. The third-order valence-electron chi connectivity index (χ3n) is 2.87. The van der Waals surface area contributed by atoms with Crippen LogP contribution < -0.4 is 5.32 Å². The molecule has 1 aliphatic rings. The lowest BCUT2D eigenvalue weighted by Gasteiger charge is -2.13. The van der Waals surface area contributed by atoms with Gasteiger partial charge in [-0.3, -0.25) is 10.1 Å². The van der Waals surface area contributed by atoms with E-state index in [0.29, 0.717) is 12.1 Å². The number of nitro groups is 1. The van der Waals surface area contributed by atoms with Gasteiger partial charge in [0.25, 0.3) is 5.69 Å². The Hall–Kier alpha value is -1.62. The molecule has 2 N–H and O–H groups in total. The second-order valence-corrected chi connectivity index (χ2v) is 4.08. The van der Waals surface area contributed by atoms with Crippen molar-refractivity contribution in [2.24, 2.45) is 0 Å². The first-order valence-electron chi connectivity index (χ1n) is 5.35. The van der Waals surface area contributed by atoms with Crippen molar-refractivity contribution >= 4 is 11.4 Å². The largest absolute Gasteiger partial charge is 0.393 e. The summed E-state index contributed by atoms with van der Waals surface area (Å²) in [6, 6.07) is 6.72. The Labute approximate surface area is 93.2 Å². The minimum atomic E-state index is -0.395. The average Bonchev–Trinajstić information content (AvgIpc) is 2.64. The Bertz CT molecular complexity index is 395. The summed E-state index contributed by atoms with van der Waals surface area (Å²) >= 11 is 0. The molecule has 0 bridgehead atoms. The van der Waals surface area contributed by atoms with E-state index in [1.807, 2.05) is 0 Å². The van der Waals surface area contributed by atoms with Crippen LogP contribution in [0.2, 0.25) is 0 Å². The summed E-state index contributed by atoms with van der Waals surface area (Å²) in [6.07, 6.45) is 2.00. The Morgan fingerprint density at radius 1 is 1.38 bits per heavy atom. The lowest BCUT2D eigenvalue weighted by atomic mass is 10.2. The number of aliphatic hydroxyl groups excluding tert-OH is 1. The molecule has 5 nitrogen and oxygen atoms in total. The predicted octanol–water partition coefficient (Wildman–Crippen LogP) is 1.92. The predicted molar refractivity (Wildman–Crippen MR) is 60.4 cm³/mol. The van der Waals surface area contributed by atoms with Crippen molar-refractivity contribution in [1.82, 2.24) is 0 Å². The van der Waals surface area contributed by atoms with Gasteiger partial charge in [0.2, 0.25) is 0 Å². The maximum Gasteiger partial charge on any atom is 0.292 e. The molecule has 86 valence electrons. The fraction of sp³-hybridized carbons (Fsp3) is 0.455. The standard InChI is InChI=1S/C11H14N2O3/c14-9-6-5-8(7-9)12-10-3-1-2-4-11(10)13(15)16/h1-4,8-9,12,14H,5-7H2/t8-,9-/m0/s1. The van der Waals surface area contributed by atoms with Crippen LogP contribution in [-0.4, -0.2) is 22.2 Å². The number of nitrogens with zero attached hydrogens (tertiary/aromatic N) is 1. The van der Waals surface area contributed by atoms with Crippen molar-refractivity contribution in [1.29, 1.82) is 0 Å². The van der Waals surface area contributed by atoms with Crippen molar-refractivity contribution in [3.63, 3.8) is 0 Å². The van der Waals surface area contributed by atoms with Gasteiger partial charge in [-0.05, 0) is 25.3 Å². The molecule has 16 heavy (non-hydrogen) atoms. The highest BCUT2D eigenvalue weighted by Crippen LogP contribution is 2.28. The van der Waals surface area contributed by atoms with Gasteiger partial charge in [-0.2, -0.15) is 0 Å². The Morgan fingerprint density at radius 2 is 2.12 bits per heavy atom. The molecule has 1 aliphatic carbocycles. The number of nitro benzene ring substituents is 1. The van der Waals surface area contributed by atoms with E-state index in [1.165, 1.54) is 6.07 Å². The van der Waals surface area contributed by atoms with Gasteiger partial charge in [-0.25, -0.2) is 0 Å². The molecule has 1 aromatic rings. The van der Waals surface area contributed by atoms with Gasteiger partial charge in [0.15, 0.2) is 0 Å². The summed E-state index contributed by atoms with van der Waals surface area (Å²) in [6.45, 7) is 0. The maximum atomic E-state index is 10.8. The Kier molecular flexibility index (Phi) is 3.05. The lowest BCUT2D eigenvalue weighted by Crippen LogP contribution is -2.17. The number of aliphatic hydroxyl groups is 1. The highest BCUT2D eigenvalue weighted by atomic mass is 16.6. The van der Waals surface area contributed by atoms with Crippen molar-refractivity contribution < 1.29 is 10.0 Å². The number of benzene rings is 1. The third kappa shape index (κ3) is 2.30. The highest BCUT2D eigenvalue weighted by Gasteiger charge is 2.24. The van der Waals surface area contributed by atoms with Gasteiger partial charge >= 0.3 is 0 Å². The fourth-order valence-corrected chi connectivity index (χ4v) is 2.06. The fourth-order valence-electron chi connectivity index (χ4n) is 2.06. The summed E-state index contributed by atoms with van der Waals surface area (Å²) in [5.74, 6) is 0. The molecular formula is C11H14N2O3. The average molecular weight is 222 g/mol. The van der Waals surface area contributed by atoms with Gasteiger partial charge in [0.1, 0.15) is 5.69 Å². The summed E-state index contributed by atoms with van der Waals surface area (Å²) in [4.78, 5) is 10.4. The molecular weight excluding hydrogens is 208 g/mol. The first-order valence-corrected chi connectivity index (χ1v) is 5.35. The second-order valence-electron chi connectivity index (χ2n) is 4.08. The molecule has 0 saturated heterocycles. The van der Waals surface area contributed by atoms with E-state index in [9.17, 15) is 15.2 Å². The van der Waals surface area contributed by atoms with E-state index in [2.05, 4.69) is 5.32 Å². The van der Waals surface area contributed by atoms with Crippen LogP contribution in [-0.2, 0) is 0 Å². The minimum Gasteiger partial charge on any atom is -0.393 e. The molecule has 2 atom stereocenters. The van der Waals surface area contributed by atoms with Crippen molar-refractivity contribution in [2.45, 2.75) is 31.4 Å². The molecule has 2 rings (SSSR count). The van der Waals surface area contributed by atoms with Crippen molar-refractivity contribution in [3.8, 4) is 0 Å². The molecule has 1 fully saturated rings. The number of para-hydroxylation sites is 2. The van der Waals surface area contributed by atoms with Gasteiger partial charge in [-0.15, -0.1) is 0 Å². The smallest absolute Gasteiger partial charge is 0.292 e. The molecule has 1 saturated carbocycles. The monoisotopic (exact) mass is 222 g/mol. The zero-order chi connectivity index (χ0) is 11.5. The Balaban J connectivity index is 2.12. The number of nitrogens with one attached hydrogen (secondary N) is 1. The molecule has 0 unspecified atom stereocenters. The molecule has 0 aromatic heterocycles. The molecule has 5 heteroatoms. The van der Waals surface area contributed by atoms with Crippen LogP contribution in [0.1, 0.15) is 19.3 Å². The lowest BCUT2D eigenvalue weighted by molar-refractivity contribution is -0.384. The van der Waals surface area contributed by atoms with E-state index in [1.54, 1.807) is 18.2 Å². The quantitative estimate of drug-likeness (QED) is 0.605. The van der Waals surface area contributed by atoms with Crippen LogP contribution in [0.4, 0.5) is 11.4 Å². The Morgan fingerprint density at radius 3 is 2.75 bits per heavy atom. The van der Waals surface area contributed by atoms with Crippen LogP contribution in [0, 0.1) is 10.1 Å². The van der Waals surface area contributed by atoms with Gasteiger partial charge in [-0.1, -0.05) is 12.1 Å². The summed E-state index contributed by atoms with van der Waals surface area (Å²) < 4.78 is 0. The van der Waals surface area contributed by atoms with Crippen LogP contribution in [0.25, 0.3) is 0 Å². The van der Waals surface area contributed by atoms with E-state index >= 15 is 0 Å². The first-order chi connectivity index (χ1) is 7.66. The normalized spacial score (nSPS) is 24.3. The highest BCUT2D eigenvalue weighted by molar-refractivity contribution is 5.61. The summed E-state index contributed by atoms with van der Waals surface area (Å²) in [5.41, 5.74) is 0.621. The van der Waals surface area contributed by atoms with Crippen molar-refractivity contribution in [3.05, 3.63) is 34.4 Å². The molecule has 0 radical (unpaired) electrons. The van der Waals surface area contributed by atoms with Crippen LogP contribution in [0.15, 0.2) is 24.3 Å². The number of rotatable bonds is 3. The van der Waals surface area contributed by atoms with Crippen LogP contribution in [0.3, 0.4) is 0 Å². The number of hydrogen-bond donors (Lipinski definition) is 2. The molecule has 0 spiro atoms. The zero-order valence-electron chi connectivity index (χ0n) is 8.80. The molecule has 1 aromatic carbocycles. The SMILES string of the molecule is O=[N+]([O-])c1ccccc1N[C@H]1CC[C@H](O)C1. The number of hydrogen-bond acceptors (Lipinski definition) is 4. The second kappa shape index (κ2) is 4.49. The van der Waals surface area contributed by atoms with Crippen LogP contribution in [0.5, 0.6) is 0 Å². The molecule has 0 aliphatic heterocycles. The van der Waals surface area contributed by atoms with Gasteiger partial charge in [0.05, 0.1) is 11.0 Å². The van der Waals surface area contributed by atoms with Crippen LogP contribution >= 0.6 is 0 Å². The summed E-state index contributed by atoms with van der Waals surface area (Å²) in [5, 5.41) is 23.3. The van der Waals surface area contributed by atoms with E-state index in [4.69, 9.17) is 0 Å².